The van der Waals surface area contributed by atoms with Gasteiger partial charge in [0.05, 0.1) is 37.4 Å². The van der Waals surface area contributed by atoms with Gasteiger partial charge in [-0.15, -0.1) is 0 Å². The fourth-order valence-electron chi connectivity index (χ4n) is 5.49. The first-order chi connectivity index (χ1) is 19.2. The molecule has 4 rings (SSSR count). The molecule has 0 atom stereocenters. The maximum Gasteiger partial charge on any atom is 0.189 e. The van der Waals surface area contributed by atoms with E-state index in [9.17, 15) is 0 Å². The summed E-state index contributed by atoms with van der Waals surface area (Å²) in [6, 6.07) is 8.44. The van der Waals surface area contributed by atoms with Gasteiger partial charge in [-0.3, -0.25) is 0 Å². The summed E-state index contributed by atoms with van der Waals surface area (Å²) in [6.45, 7) is 8.93. The van der Waals surface area contributed by atoms with E-state index in [1.165, 1.54) is 77.0 Å². The molecule has 0 bridgehead atoms. The lowest BCUT2D eigenvalue weighted by atomic mass is 9.90. The molecule has 0 unspecified atom stereocenters. The summed E-state index contributed by atoms with van der Waals surface area (Å²) in [5, 5.41) is 0. The first-order valence-corrected chi connectivity index (χ1v) is 15.7. The molecule has 0 N–H and O–H groups in total. The van der Waals surface area contributed by atoms with Crippen molar-refractivity contribution in [2.45, 2.75) is 117 Å². The second kappa shape index (κ2) is 16.4. The first kappa shape index (κ1) is 30.1. The second-order valence-electron chi connectivity index (χ2n) is 11.7. The van der Waals surface area contributed by atoms with Gasteiger partial charge >= 0.3 is 0 Å². The number of nitrogens with zero attached hydrogens (tertiary/aromatic N) is 2. The van der Waals surface area contributed by atoms with Crippen molar-refractivity contribution >= 4 is 0 Å². The van der Waals surface area contributed by atoms with Crippen LogP contribution in [0.2, 0.25) is 0 Å². The second-order valence-corrected chi connectivity index (χ2v) is 11.7. The normalized spacial score (nSPS) is 23.3. The molecule has 0 saturated carbocycles. The maximum absolute atomic E-state index is 6.21. The molecule has 1 spiro atoms. The van der Waals surface area contributed by atoms with E-state index < -0.39 is 0 Å². The number of aromatic nitrogens is 2. The Kier molecular flexibility index (Phi) is 12.7. The molecule has 216 valence electrons. The Bertz CT molecular complexity index is 933. The van der Waals surface area contributed by atoms with Gasteiger partial charge in [0, 0.05) is 36.6 Å². The van der Waals surface area contributed by atoms with Crippen LogP contribution in [-0.2, 0) is 32.0 Å². The van der Waals surface area contributed by atoms with Gasteiger partial charge < -0.3 is 18.9 Å². The predicted octanol–water partition coefficient (Wildman–Crippen LogP) is 6.76. The number of hydrogen-bond donors (Lipinski definition) is 0. The van der Waals surface area contributed by atoms with Crippen LogP contribution >= 0.6 is 0 Å². The molecule has 6 nitrogen and oxygen atoms in total. The Balaban J connectivity index is 1.17. The molecule has 2 aliphatic heterocycles. The van der Waals surface area contributed by atoms with Crippen LogP contribution in [0.4, 0.5) is 0 Å². The molecule has 2 aromatic heterocycles. The fraction of sp³-hybridized carbons (Fsp3) is 0.697. The monoisotopic (exact) mass is 540 g/mol. The minimum absolute atomic E-state index is 0.247. The molecule has 2 saturated heterocycles. The highest BCUT2D eigenvalue weighted by atomic mass is 16.7. The lowest BCUT2D eigenvalue weighted by Crippen LogP contribution is -2.49. The van der Waals surface area contributed by atoms with Crippen molar-refractivity contribution in [3.63, 3.8) is 0 Å². The third-order valence-electron chi connectivity index (χ3n) is 8.05. The highest BCUT2D eigenvalue weighted by Crippen LogP contribution is 2.37. The van der Waals surface area contributed by atoms with Gasteiger partial charge in [-0.2, -0.15) is 0 Å². The van der Waals surface area contributed by atoms with E-state index in [4.69, 9.17) is 18.9 Å². The standard InChI is InChI=1S/C33H52N2O4/c1-3-5-7-9-11-13-19-34-22-17-29(18-23-34)31-36-25-33(26-37-31)27-38-32(39-28-33)30-16-15-21-35(24-30)20-14-12-10-8-6-4-2/h15-18,21-24,31-32H,3-14,19-20,25-28H2,1-2H3/q+2. The molecule has 0 radical (unpaired) electrons. The van der Waals surface area contributed by atoms with Crippen LogP contribution in [0, 0.1) is 5.41 Å². The van der Waals surface area contributed by atoms with Crippen molar-refractivity contribution in [1.82, 2.24) is 0 Å². The Morgan fingerprint density at radius 1 is 0.590 bits per heavy atom. The van der Waals surface area contributed by atoms with Gasteiger partial charge in [0.15, 0.2) is 37.4 Å². The zero-order valence-corrected chi connectivity index (χ0v) is 24.5. The van der Waals surface area contributed by atoms with E-state index >= 15 is 0 Å². The quantitative estimate of drug-likeness (QED) is 0.174. The Morgan fingerprint density at radius 3 is 1.64 bits per heavy atom. The summed E-state index contributed by atoms with van der Waals surface area (Å²) in [5.74, 6) is 0. The van der Waals surface area contributed by atoms with Crippen molar-refractivity contribution in [1.29, 1.82) is 0 Å². The molecule has 6 heteroatoms. The highest BCUT2D eigenvalue weighted by molar-refractivity contribution is 5.10. The third-order valence-corrected chi connectivity index (χ3v) is 8.05. The lowest BCUT2D eigenvalue weighted by Gasteiger charge is -2.43. The molecule has 2 aliphatic rings. The molecule has 2 fully saturated rings. The first-order valence-electron chi connectivity index (χ1n) is 15.7. The number of aryl methyl sites for hydroxylation is 2. The summed E-state index contributed by atoms with van der Waals surface area (Å²) in [5.41, 5.74) is 1.90. The smallest absolute Gasteiger partial charge is 0.189 e. The summed E-state index contributed by atoms with van der Waals surface area (Å²) in [6.07, 6.45) is 23.7. The van der Waals surface area contributed by atoms with Crippen LogP contribution in [0.1, 0.15) is 115 Å². The van der Waals surface area contributed by atoms with Gasteiger partial charge in [-0.1, -0.05) is 65.2 Å². The molecule has 2 aromatic rings. The van der Waals surface area contributed by atoms with E-state index in [1.807, 2.05) is 0 Å². The molecule has 0 aliphatic carbocycles. The van der Waals surface area contributed by atoms with Crippen LogP contribution < -0.4 is 9.13 Å². The predicted molar refractivity (Wildman–Crippen MR) is 152 cm³/mol. The summed E-state index contributed by atoms with van der Waals surface area (Å²) < 4.78 is 29.3. The molecule has 0 amide bonds. The van der Waals surface area contributed by atoms with Crippen LogP contribution in [0.3, 0.4) is 0 Å². The number of unbranched alkanes of at least 4 members (excludes halogenated alkanes) is 10. The van der Waals surface area contributed by atoms with Crippen molar-refractivity contribution in [3.05, 3.63) is 60.2 Å². The SMILES string of the molecule is CCCCCCCC[n+]1ccc(C2OCC3(CO2)COC(c2ccc[n+](CCCCCCCC)c2)OC3)cc1. The lowest BCUT2D eigenvalue weighted by molar-refractivity contribution is -0.698. The van der Waals surface area contributed by atoms with Gasteiger partial charge in [0.2, 0.25) is 0 Å². The number of pyridine rings is 2. The zero-order valence-electron chi connectivity index (χ0n) is 24.5. The molecule has 39 heavy (non-hydrogen) atoms. The van der Waals surface area contributed by atoms with Gasteiger partial charge in [0.1, 0.15) is 13.1 Å². The van der Waals surface area contributed by atoms with Crippen LogP contribution in [0.15, 0.2) is 49.1 Å². The summed E-state index contributed by atoms with van der Waals surface area (Å²) in [4.78, 5) is 0. The topological polar surface area (TPSA) is 44.7 Å². The Morgan fingerprint density at radius 2 is 1.08 bits per heavy atom. The molecular formula is C33H52N2O4+2. The van der Waals surface area contributed by atoms with Crippen LogP contribution in [0.5, 0.6) is 0 Å². The summed E-state index contributed by atoms with van der Waals surface area (Å²) >= 11 is 0. The number of hydrogen-bond acceptors (Lipinski definition) is 4. The zero-order chi connectivity index (χ0) is 27.2. The maximum atomic E-state index is 6.21. The number of ether oxygens (including phenoxy) is 4. The van der Waals surface area contributed by atoms with E-state index in [1.54, 1.807) is 0 Å². The minimum atomic E-state index is -0.332. The van der Waals surface area contributed by atoms with Crippen LogP contribution in [0.25, 0.3) is 0 Å². The largest absolute Gasteiger partial charge is 0.348 e. The van der Waals surface area contributed by atoms with E-state index in [0.29, 0.717) is 26.4 Å². The molecular weight excluding hydrogens is 488 g/mol. The minimum Gasteiger partial charge on any atom is -0.348 e. The Labute approximate surface area is 236 Å². The molecule has 4 heterocycles. The van der Waals surface area contributed by atoms with Crippen LogP contribution in [-0.4, -0.2) is 26.4 Å². The van der Waals surface area contributed by atoms with E-state index in [-0.39, 0.29) is 18.0 Å². The van der Waals surface area contributed by atoms with E-state index in [0.717, 1.165) is 24.2 Å². The van der Waals surface area contributed by atoms with Crippen molar-refractivity contribution in [2.75, 3.05) is 26.4 Å². The van der Waals surface area contributed by atoms with Gasteiger partial charge in [-0.05, 0) is 18.9 Å². The van der Waals surface area contributed by atoms with E-state index in [2.05, 4.69) is 72.0 Å². The number of rotatable bonds is 16. The summed E-state index contributed by atoms with van der Waals surface area (Å²) in [7, 11) is 0. The average molecular weight is 541 g/mol. The van der Waals surface area contributed by atoms with Gasteiger partial charge in [-0.25, -0.2) is 9.13 Å². The molecule has 0 aromatic carbocycles. The van der Waals surface area contributed by atoms with Crippen molar-refractivity contribution in [2.24, 2.45) is 5.41 Å². The fourth-order valence-corrected chi connectivity index (χ4v) is 5.49. The van der Waals surface area contributed by atoms with Crippen molar-refractivity contribution < 1.29 is 28.1 Å². The van der Waals surface area contributed by atoms with Gasteiger partial charge in [0.25, 0.3) is 0 Å². The highest BCUT2D eigenvalue weighted by Gasteiger charge is 2.43. The average Bonchev–Trinajstić information content (AvgIpc) is 2.98. The Hall–Kier alpha value is -1.86. The van der Waals surface area contributed by atoms with Crippen molar-refractivity contribution in [3.8, 4) is 0 Å². The third kappa shape index (κ3) is 9.63.